The summed E-state index contributed by atoms with van der Waals surface area (Å²) in [5.41, 5.74) is 3.08. The van der Waals surface area contributed by atoms with Gasteiger partial charge in [-0.05, 0) is 60.0 Å². The van der Waals surface area contributed by atoms with Gasteiger partial charge in [-0.25, -0.2) is 0 Å². The Morgan fingerprint density at radius 1 is 1.00 bits per heavy atom. The molecular weight excluding hydrogens is 316 g/mol. The number of hydrogen-bond donors (Lipinski definition) is 0. The van der Waals surface area contributed by atoms with Gasteiger partial charge in [-0.15, -0.1) is 0 Å². The maximum Gasteiger partial charge on any atom is 0.345 e. The molecule has 0 bridgehead atoms. The largest absolute Gasteiger partial charge is 0.461 e. The van der Waals surface area contributed by atoms with Gasteiger partial charge in [0.25, 0.3) is 0 Å². The SMILES string of the molecule is c1ccc(-n2nnnc2Oc2ccc3oc4c(c3c2)CCCC4)cc1. The summed E-state index contributed by atoms with van der Waals surface area (Å²) in [4.78, 5) is 0. The number of hydrogen-bond acceptors (Lipinski definition) is 5. The second-order valence-corrected chi connectivity index (χ2v) is 6.18. The van der Waals surface area contributed by atoms with Crippen LogP contribution in [0.5, 0.6) is 11.8 Å². The summed E-state index contributed by atoms with van der Waals surface area (Å²) in [5.74, 6) is 1.82. The van der Waals surface area contributed by atoms with E-state index in [0.717, 1.165) is 35.3 Å². The Labute approximate surface area is 144 Å². The van der Waals surface area contributed by atoms with Gasteiger partial charge in [0.1, 0.15) is 17.1 Å². The molecule has 0 saturated heterocycles. The lowest BCUT2D eigenvalue weighted by Crippen LogP contribution is -2.00. The second kappa shape index (κ2) is 5.73. The average molecular weight is 332 g/mol. The molecular formula is C19H16N4O2. The molecule has 25 heavy (non-hydrogen) atoms. The number of ether oxygens (including phenoxy) is 1. The van der Waals surface area contributed by atoms with E-state index in [1.54, 1.807) is 4.68 Å². The number of fused-ring (bicyclic) bond motifs is 3. The fraction of sp³-hybridized carbons (Fsp3) is 0.211. The Kier molecular flexibility index (Phi) is 3.26. The smallest absolute Gasteiger partial charge is 0.345 e. The summed E-state index contributed by atoms with van der Waals surface area (Å²) in [7, 11) is 0. The molecule has 6 heteroatoms. The van der Waals surface area contributed by atoms with E-state index in [0.29, 0.717) is 11.8 Å². The fourth-order valence-corrected chi connectivity index (χ4v) is 3.38. The number of tetrazole rings is 1. The monoisotopic (exact) mass is 332 g/mol. The molecule has 0 N–H and O–H groups in total. The lowest BCUT2D eigenvalue weighted by molar-refractivity contribution is 0.427. The first kappa shape index (κ1) is 14.2. The maximum atomic E-state index is 5.97. The first-order valence-corrected chi connectivity index (χ1v) is 8.44. The molecule has 0 amide bonds. The summed E-state index contributed by atoms with van der Waals surface area (Å²) >= 11 is 0. The van der Waals surface area contributed by atoms with Gasteiger partial charge in [0.15, 0.2) is 0 Å². The third kappa shape index (κ3) is 2.46. The number of para-hydroxylation sites is 1. The van der Waals surface area contributed by atoms with E-state index in [9.17, 15) is 0 Å². The minimum Gasteiger partial charge on any atom is -0.461 e. The Bertz CT molecular complexity index is 1040. The molecule has 1 aliphatic rings. The summed E-state index contributed by atoms with van der Waals surface area (Å²) in [6.07, 6.45) is 4.49. The summed E-state index contributed by atoms with van der Waals surface area (Å²) < 4.78 is 13.5. The van der Waals surface area contributed by atoms with Gasteiger partial charge in [-0.3, -0.25) is 0 Å². The van der Waals surface area contributed by atoms with Gasteiger partial charge in [0.2, 0.25) is 0 Å². The van der Waals surface area contributed by atoms with Gasteiger partial charge in [-0.2, -0.15) is 4.68 Å². The molecule has 2 aromatic heterocycles. The molecule has 0 atom stereocenters. The highest BCUT2D eigenvalue weighted by atomic mass is 16.5. The topological polar surface area (TPSA) is 66.0 Å². The average Bonchev–Trinajstić information content (AvgIpc) is 3.27. The molecule has 0 radical (unpaired) electrons. The lowest BCUT2D eigenvalue weighted by atomic mass is 9.96. The van der Waals surface area contributed by atoms with Crippen LogP contribution in [0.1, 0.15) is 24.2 Å². The predicted octanol–water partition coefficient (Wildman–Crippen LogP) is 4.08. The Morgan fingerprint density at radius 2 is 1.88 bits per heavy atom. The van der Waals surface area contributed by atoms with Gasteiger partial charge in [0.05, 0.1) is 5.69 Å². The molecule has 2 heterocycles. The van der Waals surface area contributed by atoms with Crippen LogP contribution in [0.15, 0.2) is 52.9 Å². The Morgan fingerprint density at radius 3 is 2.80 bits per heavy atom. The van der Waals surface area contributed by atoms with E-state index in [1.807, 2.05) is 48.5 Å². The van der Waals surface area contributed by atoms with Crippen LogP contribution < -0.4 is 4.74 Å². The van der Waals surface area contributed by atoms with Gasteiger partial charge < -0.3 is 9.15 Å². The van der Waals surface area contributed by atoms with Crippen molar-refractivity contribution in [2.75, 3.05) is 0 Å². The predicted molar refractivity (Wildman–Crippen MR) is 92.1 cm³/mol. The van der Waals surface area contributed by atoms with Crippen LogP contribution >= 0.6 is 0 Å². The van der Waals surface area contributed by atoms with Crippen LogP contribution in [0.4, 0.5) is 0 Å². The number of benzene rings is 2. The molecule has 5 rings (SSSR count). The normalized spacial score (nSPS) is 13.8. The zero-order valence-corrected chi connectivity index (χ0v) is 13.6. The van der Waals surface area contributed by atoms with Crippen molar-refractivity contribution in [2.24, 2.45) is 0 Å². The second-order valence-electron chi connectivity index (χ2n) is 6.18. The number of rotatable bonds is 3. The maximum absolute atomic E-state index is 5.97. The third-order valence-electron chi connectivity index (χ3n) is 4.58. The lowest BCUT2D eigenvalue weighted by Gasteiger charge is -2.09. The summed E-state index contributed by atoms with van der Waals surface area (Å²) in [6, 6.07) is 15.9. The van der Waals surface area contributed by atoms with E-state index in [4.69, 9.17) is 9.15 Å². The van der Waals surface area contributed by atoms with E-state index in [2.05, 4.69) is 15.5 Å². The van der Waals surface area contributed by atoms with Gasteiger partial charge >= 0.3 is 6.01 Å². The van der Waals surface area contributed by atoms with E-state index in [1.165, 1.54) is 18.4 Å². The van der Waals surface area contributed by atoms with Crippen LogP contribution in [0, 0.1) is 0 Å². The highest BCUT2D eigenvalue weighted by Crippen LogP contribution is 2.34. The number of aryl methyl sites for hydroxylation is 2. The number of aromatic nitrogens is 4. The first-order valence-electron chi connectivity index (χ1n) is 8.44. The third-order valence-corrected chi connectivity index (χ3v) is 4.58. The van der Waals surface area contributed by atoms with Crippen LogP contribution in [0.25, 0.3) is 16.7 Å². The van der Waals surface area contributed by atoms with Crippen LogP contribution in [-0.4, -0.2) is 20.2 Å². The Balaban J connectivity index is 1.52. The molecule has 1 aliphatic carbocycles. The minimum atomic E-state index is 0.336. The fourth-order valence-electron chi connectivity index (χ4n) is 3.38. The van der Waals surface area contributed by atoms with Crippen LogP contribution in [0.3, 0.4) is 0 Å². The molecule has 0 unspecified atom stereocenters. The highest BCUT2D eigenvalue weighted by Gasteiger charge is 2.19. The van der Waals surface area contributed by atoms with Crippen molar-refractivity contribution < 1.29 is 9.15 Å². The highest BCUT2D eigenvalue weighted by molar-refractivity contribution is 5.84. The van der Waals surface area contributed by atoms with Crippen LogP contribution in [0.2, 0.25) is 0 Å². The molecule has 0 aliphatic heterocycles. The minimum absolute atomic E-state index is 0.336. The molecule has 124 valence electrons. The van der Waals surface area contributed by atoms with Crippen molar-refractivity contribution in [1.29, 1.82) is 0 Å². The molecule has 2 aromatic carbocycles. The number of nitrogens with zero attached hydrogens (tertiary/aromatic N) is 4. The van der Waals surface area contributed by atoms with Crippen molar-refractivity contribution in [1.82, 2.24) is 20.2 Å². The van der Waals surface area contributed by atoms with Crippen molar-refractivity contribution in [3.05, 3.63) is 59.9 Å². The molecule has 6 nitrogen and oxygen atoms in total. The van der Waals surface area contributed by atoms with Crippen molar-refractivity contribution in [3.8, 4) is 17.4 Å². The summed E-state index contributed by atoms with van der Waals surface area (Å²) in [6.45, 7) is 0. The van der Waals surface area contributed by atoms with Gasteiger partial charge in [0, 0.05) is 17.4 Å². The van der Waals surface area contributed by atoms with E-state index < -0.39 is 0 Å². The first-order chi connectivity index (χ1) is 12.4. The van der Waals surface area contributed by atoms with Gasteiger partial charge in [-0.1, -0.05) is 23.3 Å². The van der Waals surface area contributed by atoms with E-state index >= 15 is 0 Å². The summed E-state index contributed by atoms with van der Waals surface area (Å²) in [5, 5.41) is 12.9. The molecule has 4 aromatic rings. The number of furan rings is 1. The standard InChI is InChI=1S/C19H16N4O2/c1-2-6-13(7-3-1)23-19(20-21-22-23)24-14-10-11-18-16(12-14)15-8-4-5-9-17(15)25-18/h1-3,6-7,10-12H,4-5,8-9H2. The van der Waals surface area contributed by atoms with Crippen molar-refractivity contribution in [3.63, 3.8) is 0 Å². The molecule has 0 spiro atoms. The zero-order chi connectivity index (χ0) is 16.6. The molecule has 0 saturated carbocycles. The van der Waals surface area contributed by atoms with Crippen LogP contribution in [-0.2, 0) is 12.8 Å². The zero-order valence-electron chi connectivity index (χ0n) is 13.6. The quantitative estimate of drug-likeness (QED) is 0.565. The van der Waals surface area contributed by atoms with Crippen molar-refractivity contribution in [2.45, 2.75) is 25.7 Å². The van der Waals surface area contributed by atoms with E-state index in [-0.39, 0.29) is 0 Å². The Hall–Kier alpha value is -3.15. The van der Waals surface area contributed by atoms with Crippen molar-refractivity contribution >= 4 is 11.0 Å². The molecule has 0 fully saturated rings.